The minimum atomic E-state index is 0.0970. The molecule has 0 unspecified atom stereocenters. The van der Waals surface area contributed by atoms with E-state index in [0.29, 0.717) is 0 Å². The van der Waals surface area contributed by atoms with Crippen LogP contribution in [0.25, 0.3) is 0 Å². The standard InChI is InChI=1S/C18H18O2S/c1-13(19)17-7-3-15(4-8-17)11-21-12-16-5-9-18(10-6-16)14(2)20/h3-10H,11-12H2,1-2H3. The third kappa shape index (κ3) is 4.57. The highest BCUT2D eigenvalue weighted by atomic mass is 32.2. The second-order valence-electron chi connectivity index (χ2n) is 5.00. The Balaban J connectivity index is 1.86. The SMILES string of the molecule is CC(=O)c1ccc(CSCc2ccc(C(C)=O)cc2)cc1. The number of rotatable bonds is 6. The number of thioether (sulfide) groups is 1. The predicted octanol–water partition coefficient (Wildman–Crippen LogP) is 4.53. The van der Waals surface area contributed by atoms with E-state index >= 15 is 0 Å². The average molecular weight is 298 g/mol. The summed E-state index contributed by atoms with van der Waals surface area (Å²) in [5.74, 6) is 2.01. The fraction of sp³-hybridized carbons (Fsp3) is 0.222. The largest absolute Gasteiger partial charge is 0.295 e. The Morgan fingerprint density at radius 1 is 0.714 bits per heavy atom. The van der Waals surface area contributed by atoms with Gasteiger partial charge in [0.25, 0.3) is 0 Å². The first-order chi connectivity index (χ1) is 10.1. The molecule has 0 aliphatic rings. The molecule has 2 aromatic rings. The molecule has 0 spiro atoms. The fourth-order valence-corrected chi connectivity index (χ4v) is 2.92. The third-order valence-corrected chi connectivity index (χ3v) is 4.33. The van der Waals surface area contributed by atoms with Gasteiger partial charge in [0.2, 0.25) is 0 Å². The van der Waals surface area contributed by atoms with E-state index in [-0.39, 0.29) is 11.6 Å². The monoisotopic (exact) mass is 298 g/mol. The van der Waals surface area contributed by atoms with Crippen LogP contribution in [0.2, 0.25) is 0 Å². The van der Waals surface area contributed by atoms with E-state index in [1.165, 1.54) is 11.1 Å². The minimum absolute atomic E-state index is 0.0970. The number of carbonyl (C=O) groups is 2. The maximum atomic E-state index is 11.2. The van der Waals surface area contributed by atoms with Crippen LogP contribution in [0.3, 0.4) is 0 Å². The lowest BCUT2D eigenvalue weighted by molar-refractivity contribution is 0.100. The van der Waals surface area contributed by atoms with Crippen molar-refractivity contribution in [2.24, 2.45) is 0 Å². The van der Waals surface area contributed by atoms with E-state index in [9.17, 15) is 9.59 Å². The first-order valence-electron chi connectivity index (χ1n) is 6.84. The van der Waals surface area contributed by atoms with Gasteiger partial charge in [-0.15, -0.1) is 0 Å². The van der Waals surface area contributed by atoms with Gasteiger partial charge in [0.05, 0.1) is 0 Å². The van der Waals surface area contributed by atoms with Crippen molar-refractivity contribution in [3.8, 4) is 0 Å². The number of ketones is 2. The van der Waals surface area contributed by atoms with Crippen molar-refractivity contribution in [1.82, 2.24) is 0 Å². The molecule has 0 radical (unpaired) electrons. The summed E-state index contributed by atoms with van der Waals surface area (Å²) in [5, 5.41) is 0. The molecule has 0 bridgehead atoms. The summed E-state index contributed by atoms with van der Waals surface area (Å²) in [4.78, 5) is 22.4. The summed E-state index contributed by atoms with van der Waals surface area (Å²) < 4.78 is 0. The van der Waals surface area contributed by atoms with Gasteiger partial charge in [0.15, 0.2) is 11.6 Å². The topological polar surface area (TPSA) is 34.1 Å². The van der Waals surface area contributed by atoms with Gasteiger partial charge in [0.1, 0.15) is 0 Å². The molecule has 2 nitrogen and oxygen atoms in total. The minimum Gasteiger partial charge on any atom is -0.295 e. The molecule has 0 saturated heterocycles. The third-order valence-electron chi connectivity index (χ3n) is 3.26. The van der Waals surface area contributed by atoms with Gasteiger partial charge in [-0.1, -0.05) is 48.5 Å². The molecule has 0 saturated carbocycles. The highest BCUT2D eigenvalue weighted by Gasteiger charge is 2.01. The number of benzene rings is 2. The molecule has 0 heterocycles. The van der Waals surface area contributed by atoms with Gasteiger partial charge in [-0.25, -0.2) is 0 Å². The van der Waals surface area contributed by atoms with E-state index in [0.717, 1.165) is 22.6 Å². The normalized spacial score (nSPS) is 10.4. The Kier molecular flexibility index (Phi) is 5.34. The van der Waals surface area contributed by atoms with Crippen molar-refractivity contribution in [3.05, 3.63) is 70.8 Å². The molecule has 0 N–H and O–H groups in total. The van der Waals surface area contributed by atoms with Crippen LogP contribution < -0.4 is 0 Å². The molecule has 108 valence electrons. The van der Waals surface area contributed by atoms with Gasteiger partial charge < -0.3 is 0 Å². The lowest BCUT2D eigenvalue weighted by atomic mass is 10.1. The summed E-state index contributed by atoms with van der Waals surface area (Å²) in [7, 11) is 0. The zero-order valence-electron chi connectivity index (χ0n) is 12.3. The van der Waals surface area contributed by atoms with Crippen molar-refractivity contribution < 1.29 is 9.59 Å². The van der Waals surface area contributed by atoms with Gasteiger partial charge >= 0.3 is 0 Å². The van der Waals surface area contributed by atoms with Crippen LogP contribution >= 0.6 is 11.8 Å². The fourth-order valence-electron chi connectivity index (χ4n) is 1.96. The summed E-state index contributed by atoms with van der Waals surface area (Å²) in [6, 6.07) is 15.5. The molecule has 0 aromatic heterocycles. The molecular formula is C18H18O2S. The van der Waals surface area contributed by atoms with Crippen molar-refractivity contribution in [3.63, 3.8) is 0 Å². The molecule has 21 heavy (non-hydrogen) atoms. The van der Waals surface area contributed by atoms with Crippen LogP contribution in [0.5, 0.6) is 0 Å². The molecule has 0 aliphatic heterocycles. The Bertz CT molecular complexity index is 570. The lowest BCUT2D eigenvalue weighted by Crippen LogP contribution is -1.93. The van der Waals surface area contributed by atoms with E-state index in [2.05, 4.69) is 0 Å². The Hall–Kier alpha value is -1.87. The smallest absolute Gasteiger partial charge is 0.159 e. The Morgan fingerprint density at radius 3 is 1.33 bits per heavy atom. The Morgan fingerprint density at radius 2 is 1.05 bits per heavy atom. The van der Waals surface area contributed by atoms with E-state index in [1.54, 1.807) is 13.8 Å². The van der Waals surface area contributed by atoms with Crippen molar-refractivity contribution in [2.45, 2.75) is 25.4 Å². The van der Waals surface area contributed by atoms with Crippen LogP contribution in [0.15, 0.2) is 48.5 Å². The van der Waals surface area contributed by atoms with Gasteiger partial charge in [-0.2, -0.15) is 11.8 Å². The number of Topliss-reactive ketones (excluding diaryl/α,β-unsaturated/α-hetero) is 2. The van der Waals surface area contributed by atoms with E-state index in [1.807, 2.05) is 60.3 Å². The maximum Gasteiger partial charge on any atom is 0.159 e. The highest BCUT2D eigenvalue weighted by Crippen LogP contribution is 2.19. The predicted molar refractivity (Wildman–Crippen MR) is 87.9 cm³/mol. The van der Waals surface area contributed by atoms with Crippen LogP contribution in [0, 0.1) is 0 Å². The zero-order chi connectivity index (χ0) is 15.2. The molecular weight excluding hydrogens is 280 g/mol. The summed E-state index contributed by atoms with van der Waals surface area (Å²) in [6.45, 7) is 3.16. The molecule has 2 rings (SSSR count). The number of hydrogen-bond donors (Lipinski definition) is 0. The van der Waals surface area contributed by atoms with Crippen LogP contribution in [0.1, 0.15) is 45.7 Å². The van der Waals surface area contributed by atoms with Crippen molar-refractivity contribution in [2.75, 3.05) is 0 Å². The van der Waals surface area contributed by atoms with Crippen molar-refractivity contribution >= 4 is 23.3 Å². The molecule has 3 heteroatoms. The van der Waals surface area contributed by atoms with Gasteiger partial charge in [-0.05, 0) is 25.0 Å². The van der Waals surface area contributed by atoms with Crippen LogP contribution in [-0.4, -0.2) is 11.6 Å². The average Bonchev–Trinajstić information content (AvgIpc) is 2.48. The quantitative estimate of drug-likeness (QED) is 0.735. The highest BCUT2D eigenvalue weighted by molar-refractivity contribution is 7.97. The van der Waals surface area contributed by atoms with Crippen LogP contribution in [0.4, 0.5) is 0 Å². The number of hydrogen-bond acceptors (Lipinski definition) is 3. The van der Waals surface area contributed by atoms with Crippen LogP contribution in [-0.2, 0) is 11.5 Å². The maximum absolute atomic E-state index is 11.2. The molecule has 0 amide bonds. The second kappa shape index (κ2) is 7.23. The second-order valence-corrected chi connectivity index (χ2v) is 5.98. The van der Waals surface area contributed by atoms with Gasteiger partial charge in [-0.3, -0.25) is 9.59 Å². The molecule has 2 aromatic carbocycles. The van der Waals surface area contributed by atoms with E-state index < -0.39 is 0 Å². The molecule has 0 aliphatic carbocycles. The molecule has 0 fully saturated rings. The first-order valence-corrected chi connectivity index (χ1v) is 7.99. The van der Waals surface area contributed by atoms with Crippen molar-refractivity contribution in [1.29, 1.82) is 0 Å². The molecule has 0 atom stereocenters. The number of carbonyl (C=O) groups excluding carboxylic acids is 2. The van der Waals surface area contributed by atoms with Gasteiger partial charge in [0, 0.05) is 22.6 Å². The summed E-state index contributed by atoms with van der Waals surface area (Å²) in [6.07, 6.45) is 0. The Labute approximate surface area is 129 Å². The summed E-state index contributed by atoms with van der Waals surface area (Å²) >= 11 is 1.82. The zero-order valence-corrected chi connectivity index (χ0v) is 13.1. The summed E-state index contributed by atoms with van der Waals surface area (Å²) in [5.41, 5.74) is 3.93. The first kappa shape index (κ1) is 15.5. The lowest BCUT2D eigenvalue weighted by Gasteiger charge is -2.04. The van der Waals surface area contributed by atoms with E-state index in [4.69, 9.17) is 0 Å².